The van der Waals surface area contributed by atoms with Crippen LogP contribution in [0.25, 0.3) is 10.8 Å². The second kappa shape index (κ2) is 9.17. The molecule has 9 heteroatoms. The van der Waals surface area contributed by atoms with Crippen LogP contribution in [-0.2, 0) is 6.42 Å². The first-order chi connectivity index (χ1) is 16.9. The number of phenols is 1. The van der Waals surface area contributed by atoms with Gasteiger partial charge >= 0.3 is 0 Å². The molecule has 2 N–H and O–H groups in total. The molecule has 1 saturated heterocycles. The Kier molecular flexibility index (Phi) is 5.90. The number of rotatable bonds is 4. The van der Waals surface area contributed by atoms with Crippen LogP contribution in [0.3, 0.4) is 0 Å². The Morgan fingerprint density at radius 1 is 0.971 bits per heavy atom. The minimum atomic E-state index is -1.18. The molecule has 1 aliphatic heterocycles. The van der Waals surface area contributed by atoms with Gasteiger partial charge < -0.3 is 14.9 Å². The SMILES string of the molecule is O=C(c1cc(Cc2n[nH]c(=O)c3ccccc23)cc(F)c1F)N1CCN(c2ccc(O)cc2)CC1. The van der Waals surface area contributed by atoms with Crippen molar-refractivity contribution in [3.63, 3.8) is 0 Å². The fourth-order valence-electron chi connectivity index (χ4n) is 4.40. The zero-order valence-corrected chi connectivity index (χ0v) is 18.7. The maximum atomic E-state index is 14.7. The average Bonchev–Trinajstić information content (AvgIpc) is 2.88. The number of aromatic hydroxyl groups is 1. The van der Waals surface area contributed by atoms with Crippen molar-refractivity contribution in [3.05, 3.63) is 99.5 Å². The number of phenolic OH excluding ortho intramolecular Hbond substituents is 1. The quantitative estimate of drug-likeness (QED) is 0.471. The molecular formula is C26H22F2N4O3. The third kappa shape index (κ3) is 4.44. The maximum Gasteiger partial charge on any atom is 0.272 e. The van der Waals surface area contributed by atoms with E-state index < -0.39 is 17.5 Å². The van der Waals surface area contributed by atoms with Crippen molar-refractivity contribution >= 4 is 22.4 Å². The third-order valence-corrected chi connectivity index (χ3v) is 6.25. The molecule has 0 saturated carbocycles. The molecule has 0 spiro atoms. The van der Waals surface area contributed by atoms with Gasteiger partial charge in [0.1, 0.15) is 5.75 Å². The summed E-state index contributed by atoms with van der Waals surface area (Å²) in [6, 6.07) is 16.1. The Bertz CT molecular complexity index is 1460. The predicted molar refractivity (Wildman–Crippen MR) is 128 cm³/mol. The molecule has 1 aliphatic rings. The summed E-state index contributed by atoms with van der Waals surface area (Å²) in [6.07, 6.45) is 0.114. The summed E-state index contributed by atoms with van der Waals surface area (Å²) in [5.74, 6) is -2.70. The fraction of sp³-hybridized carbons (Fsp3) is 0.192. The zero-order chi connectivity index (χ0) is 24.5. The van der Waals surface area contributed by atoms with Crippen LogP contribution < -0.4 is 10.5 Å². The summed E-state index contributed by atoms with van der Waals surface area (Å²) >= 11 is 0. The molecule has 3 aromatic carbocycles. The second-order valence-electron chi connectivity index (χ2n) is 8.46. The molecule has 1 aromatic heterocycles. The number of fused-ring (bicyclic) bond motifs is 1. The Morgan fingerprint density at radius 2 is 1.66 bits per heavy atom. The number of nitrogens with zero attached hydrogens (tertiary/aromatic N) is 3. The normalized spacial score (nSPS) is 13.9. The van der Waals surface area contributed by atoms with E-state index in [4.69, 9.17) is 0 Å². The second-order valence-corrected chi connectivity index (χ2v) is 8.46. The molecular weight excluding hydrogens is 454 g/mol. The highest BCUT2D eigenvalue weighted by molar-refractivity contribution is 5.95. The lowest BCUT2D eigenvalue weighted by atomic mass is 10.0. The predicted octanol–water partition coefficient (Wildman–Crippen LogP) is 3.46. The smallest absolute Gasteiger partial charge is 0.272 e. The van der Waals surface area contributed by atoms with E-state index in [1.54, 1.807) is 48.5 Å². The fourth-order valence-corrected chi connectivity index (χ4v) is 4.40. The topological polar surface area (TPSA) is 89.5 Å². The number of H-pyrrole nitrogens is 1. The summed E-state index contributed by atoms with van der Waals surface area (Å²) in [6.45, 7) is 1.73. The number of anilines is 1. The highest BCUT2D eigenvalue weighted by Crippen LogP contribution is 2.24. The van der Waals surface area contributed by atoms with Crippen LogP contribution in [0.15, 0.2) is 65.5 Å². The lowest BCUT2D eigenvalue weighted by molar-refractivity contribution is 0.0740. The van der Waals surface area contributed by atoms with Gasteiger partial charge in [-0.15, -0.1) is 0 Å². The van der Waals surface area contributed by atoms with Gasteiger partial charge in [0.25, 0.3) is 11.5 Å². The first-order valence-electron chi connectivity index (χ1n) is 11.2. The van der Waals surface area contributed by atoms with Crippen molar-refractivity contribution in [2.75, 3.05) is 31.1 Å². The molecule has 5 rings (SSSR count). The Balaban J connectivity index is 1.37. The van der Waals surface area contributed by atoms with Crippen LogP contribution in [-0.4, -0.2) is 52.3 Å². The molecule has 1 fully saturated rings. The van der Waals surface area contributed by atoms with E-state index in [1.807, 2.05) is 0 Å². The number of carbonyl (C=O) groups excluding carboxylic acids is 1. The molecule has 0 bridgehead atoms. The highest BCUT2D eigenvalue weighted by Gasteiger charge is 2.26. The Morgan fingerprint density at radius 3 is 2.37 bits per heavy atom. The standard InChI is InChI=1S/C26H22F2N4O3/c27-22-14-16(15-23-19-3-1-2-4-20(19)25(34)30-29-23)13-21(24(22)28)26(35)32-11-9-31(10-12-32)17-5-7-18(33)8-6-17/h1-8,13-14,33H,9-12,15H2,(H,30,34). The van der Waals surface area contributed by atoms with Crippen LogP contribution in [0.2, 0.25) is 0 Å². The number of carbonyl (C=O) groups is 1. The van der Waals surface area contributed by atoms with Gasteiger partial charge in [-0.25, -0.2) is 13.9 Å². The van der Waals surface area contributed by atoms with Crippen molar-refractivity contribution < 1.29 is 18.7 Å². The van der Waals surface area contributed by atoms with Gasteiger partial charge in [0.05, 0.1) is 16.6 Å². The number of benzene rings is 3. The number of aromatic amines is 1. The molecule has 0 atom stereocenters. The van der Waals surface area contributed by atoms with E-state index in [-0.39, 0.29) is 23.3 Å². The minimum absolute atomic E-state index is 0.114. The van der Waals surface area contributed by atoms with Crippen LogP contribution >= 0.6 is 0 Å². The molecule has 0 radical (unpaired) electrons. The highest BCUT2D eigenvalue weighted by atomic mass is 19.2. The molecule has 1 amide bonds. The summed E-state index contributed by atoms with van der Waals surface area (Å²) < 4.78 is 29.2. The molecule has 4 aromatic rings. The van der Waals surface area contributed by atoms with Crippen molar-refractivity contribution in [2.24, 2.45) is 0 Å². The lowest BCUT2D eigenvalue weighted by Gasteiger charge is -2.36. The van der Waals surface area contributed by atoms with Gasteiger partial charge in [0, 0.05) is 43.7 Å². The van der Waals surface area contributed by atoms with Gasteiger partial charge in [-0.05, 0) is 48.0 Å². The largest absolute Gasteiger partial charge is 0.508 e. The molecule has 0 aliphatic carbocycles. The van der Waals surface area contributed by atoms with Crippen molar-refractivity contribution in [1.29, 1.82) is 0 Å². The van der Waals surface area contributed by atoms with Crippen LogP contribution in [0.4, 0.5) is 14.5 Å². The van der Waals surface area contributed by atoms with E-state index in [9.17, 15) is 23.5 Å². The van der Waals surface area contributed by atoms with Gasteiger partial charge in [-0.2, -0.15) is 5.10 Å². The van der Waals surface area contributed by atoms with Crippen LogP contribution in [0.1, 0.15) is 21.6 Å². The Hall–Kier alpha value is -4.27. The van der Waals surface area contributed by atoms with Gasteiger partial charge in [0.2, 0.25) is 0 Å². The Labute approximate surface area is 199 Å². The number of amides is 1. The first-order valence-corrected chi connectivity index (χ1v) is 11.2. The van der Waals surface area contributed by atoms with Crippen LogP contribution in [0.5, 0.6) is 5.75 Å². The third-order valence-electron chi connectivity index (χ3n) is 6.25. The summed E-state index contributed by atoms with van der Waals surface area (Å²) in [4.78, 5) is 28.7. The van der Waals surface area contributed by atoms with Gasteiger partial charge in [-0.3, -0.25) is 9.59 Å². The summed E-state index contributed by atoms with van der Waals surface area (Å²) in [7, 11) is 0. The monoisotopic (exact) mass is 476 g/mol. The van der Waals surface area contributed by atoms with Crippen molar-refractivity contribution in [2.45, 2.75) is 6.42 Å². The summed E-state index contributed by atoms with van der Waals surface area (Å²) in [5, 5.41) is 17.0. The number of hydrogen-bond acceptors (Lipinski definition) is 5. The van der Waals surface area contributed by atoms with E-state index >= 15 is 0 Å². The van der Waals surface area contributed by atoms with Crippen LogP contribution in [0, 0.1) is 11.6 Å². The number of nitrogens with one attached hydrogen (secondary N) is 1. The number of piperazine rings is 1. The van der Waals surface area contributed by atoms with E-state index in [0.717, 1.165) is 11.8 Å². The first kappa shape index (κ1) is 22.5. The number of halogens is 2. The molecule has 178 valence electrons. The summed E-state index contributed by atoms with van der Waals surface area (Å²) in [5.41, 5.74) is 1.12. The minimum Gasteiger partial charge on any atom is -0.508 e. The van der Waals surface area contributed by atoms with Crippen molar-refractivity contribution in [3.8, 4) is 5.75 Å². The lowest BCUT2D eigenvalue weighted by Crippen LogP contribution is -2.49. The van der Waals surface area contributed by atoms with E-state index in [1.165, 1.54) is 11.0 Å². The number of aromatic nitrogens is 2. The average molecular weight is 476 g/mol. The maximum absolute atomic E-state index is 14.7. The molecule has 0 unspecified atom stereocenters. The molecule has 2 heterocycles. The molecule has 35 heavy (non-hydrogen) atoms. The van der Waals surface area contributed by atoms with E-state index in [2.05, 4.69) is 15.1 Å². The van der Waals surface area contributed by atoms with Gasteiger partial charge in [0.15, 0.2) is 11.6 Å². The molecule has 7 nitrogen and oxygen atoms in total. The zero-order valence-electron chi connectivity index (χ0n) is 18.7. The van der Waals surface area contributed by atoms with Gasteiger partial charge in [-0.1, -0.05) is 18.2 Å². The van der Waals surface area contributed by atoms with E-state index in [0.29, 0.717) is 48.2 Å². The van der Waals surface area contributed by atoms with Crippen molar-refractivity contribution in [1.82, 2.24) is 15.1 Å². The number of hydrogen-bond donors (Lipinski definition) is 2.